The van der Waals surface area contributed by atoms with E-state index in [1.807, 2.05) is 0 Å². The predicted molar refractivity (Wildman–Crippen MR) is 52.9 cm³/mol. The first-order chi connectivity index (χ1) is 7.33. The lowest BCUT2D eigenvalue weighted by molar-refractivity contribution is 0.617. The standard InChI is InChI=1S/C11H7FN2O/c12-9-3-1-8(2-4-9)10-7-14-11(15-10)5-6-13-14/h1-7H. The fraction of sp³-hybridized carbons (Fsp3) is 0. The normalized spacial score (nSPS) is 11.0. The number of hydrogen-bond acceptors (Lipinski definition) is 2. The number of nitrogens with zero attached hydrogens (tertiary/aromatic N) is 2. The first kappa shape index (κ1) is 8.23. The molecule has 0 saturated heterocycles. The molecule has 74 valence electrons. The molecule has 3 nitrogen and oxygen atoms in total. The monoisotopic (exact) mass is 202 g/mol. The number of benzene rings is 1. The van der Waals surface area contributed by atoms with Crippen molar-refractivity contribution in [1.82, 2.24) is 9.61 Å². The van der Waals surface area contributed by atoms with Gasteiger partial charge in [-0.05, 0) is 24.3 Å². The van der Waals surface area contributed by atoms with Gasteiger partial charge in [-0.15, -0.1) is 0 Å². The molecule has 0 radical (unpaired) electrons. The van der Waals surface area contributed by atoms with Crippen LogP contribution in [0.25, 0.3) is 17.0 Å². The van der Waals surface area contributed by atoms with E-state index in [9.17, 15) is 4.39 Å². The summed E-state index contributed by atoms with van der Waals surface area (Å²) in [6.07, 6.45) is 3.43. The Morgan fingerprint density at radius 3 is 2.67 bits per heavy atom. The smallest absolute Gasteiger partial charge is 0.222 e. The van der Waals surface area contributed by atoms with E-state index in [1.165, 1.54) is 12.1 Å². The van der Waals surface area contributed by atoms with Gasteiger partial charge in [-0.3, -0.25) is 0 Å². The number of oxazole rings is 1. The molecular weight excluding hydrogens is 195 g/mol. The fourth-order valence-electron chi connectivity index (χ4n) is 1.48. The fourth-order valence-corrected chi connectivity index (χ4v) is 1.48. The molecule has 2 aromatic heterocycles. The molecule has 3 rings (SSSR count). The van der Waals surface area contributed by atoms with Crippen LogP contribution in [-0.2, 0) is 0 Å². The van der Waals surface area contributed by atoms with E-state index in [4.69, 9.17) is 4.42 Å². The van der Waals surface area contributed by atoms with Gasteiger partial charge in [0.05, 0.1) is 12.4 Å². The van der Waals surface area contributed by atoms with Crippen LogP contribution in [0.5, 0.6) is 0 Å². The van der Waals surface area contributed by atoms with E-state index in [1.54, 1.807) is 35.1 Å². The van der Waals surface area contributed by atoms with Crippen molar-refractivity contribution in [3.8, 4) is 11.3 Å². The number of rotatable bonds is 1. The minimum absolute atomic E-state index is 0.255. The van der Waals surface area contributed by atoms with E-state index >= 15 is 0 Å². The SMILES string of the molecule is Fc1ccc(-c2cn3nccc3o2)cc1. The Morgan fingerprint density at radius 2 is 1.93 bits per heavy atom. The third-order valence-electron chi connectivity index (χ3n) is 2.22. The van der Waals surface area contributed by atoms with Crippen LogP contribution in [0.3, 0.4) is 0 Å². The van der Waals surface area contributed by atoms with Crippen LogP contribution in [0.15, 0.2) is 47.1 Å². The molecule has 4 heteroatoms. The van der Waals surface area contributed by atoms with Gasteiger partial charge >= 0.3 is 0 Å². The molecule has 0 N–H and O–H groups in total. The molecule has 0 atom stereocenters. The van der Waals surface area contributed by atoms with E-state index in [0.717, 1.165) is 5.56 Å². The third-order valence-corrected chi connectivity index (χ3v) is 2.22. The average molecular weight is 202 g/mol. The second kappa shape index (κ2) is 2.95. The lowest BCUT2D eigenvalue weighted by atomic mass is 10.2. The lowest BCUT2D eigenvalue weighted by Gasteiger charge is -1.94. The molecule has 0 aliphatic carbocycles. The van der Waals surface area contributed by atoms with Gasteiger partial charge < -0.3 is 4.42 Å². The second-order valence-corrected chi connectivity index (χ2v) is 3.22. The van der Waals surface area contributed by atoms with E-state index in [0.29, 0.717) is 11.5 Å². The van der Waals surface area contributed by atoms with Gasteiger partial charge in [0.2, 0.25) is 5.71 Å². The molecule has 0 spiro atoms. The molecule has 0 aliphatic rings. The van der Waals surface area contributed by atoms with Crippen molar-refractivity contribution in [1.29, 1.82) is 0 Å². The molecule has 3 aromatic rings. The topological polar surface area (TPSA) is 30.4 Å². The summed E-state index contributed by atoms with van der Waals surface area (Å²) in [4.78, 5) is 0. The Balaban J connectivity index is 2.13. The first-order valence-electron chi connectivity index (χ1n) is 4.52. The minimum Gasteiger partial charge on any atom is -0.437 e. The lowest BCUT2D eigenvalue weighted by Crippen LogP contribution is -1.78. The number of halogens is 1. The summed E-state index contributed by atoms with van der Waals surface area (Å²) < 4.78 is 19.8. The van der Waals surface area contributed by atoms with Gasteiger partial charge in [0, 0.05) is 11.6 Å². The van der Waals surface area contributed by atoms with Crippen molar-refractivity contribution in [3.63, 3.8) is 0 Å². The Morgan fingerprint density at radius 1 is 1.13 bits per heavy atom. The van der Waals surface area contributed by atoms with Gasteiger partial charge in [-0.2, -0.15) is 5.10 Å². The summed E-state index contributed by atoms with van der Waals surface area (Å²) in [6, 6.07) is 7.93. The molecule has 1 aromatic carbocycles. The molecule has 0 unspecified atom stereocenters. The van der Waals surface area contributed by atoms with Gasteiger partial charge in [-0.25, -0.2) is 8.91 Å². The van der Waals surface area contributed by atoms with Crippen molar-refractivity contribution >= 4 is 5.71 Å². The second-order valence-electron chi connectivity index (χ2n) is 3.22. The molecule has 0 amide bonds. The zero-order valence-corrected chi connectivity index (χ0v) is 7.72. The van der Waals surface area contributed by atoms with Crippen LogP contribution in [0.1, 0.15) is 0 Å². The molecule has 0 saturated carbocycles. The highest BCUT2D eigenvalue weighted by molar-refractivity contribution is 5.58. The van der Waals surface area contributed by atoms with Crippen molar-refractivity contribution in [3.05, 3.63) is 48.5 Å². The van der Waals surface area contributed by atoms with E-state index < -0.39 is 0 Å². The van der Waals surface area contributed by atoms with Crippen LogP contribution in [0, 0.1) is 5.82 Å². The zero-order chi connectivity index (χ0) is 10.3. The number of hydrogen-bond donors (Lipinski definition) is 0. The largest absolute Gasteiger partial charge is 0.437 e. The summed E-state index contributed by atoms with van der Waals surface area (Å²) in [5, 5.41) is 4.03. The number of aromatic nitrogens is 2. The van der Waals surface area contributed by atoms with Gasteiger partial charge in [0.25, 0.3) is 0 Å². The Hall–Kier alpha value is -2.10. The summed E-state index contributed by atoms with van der Waals surface area (Å²) in [5.74, 6) is 0.424. The minimum atomic E-state index is -0.255. The van der Waals surface area contributed by atoms with Gasteiger partial charge in [0.15, 0.2) is 5.76 Å². The highest BCUT2D eigenvalue weighted by Gasteiger charge is 2.05. The quantitative estimate of drug-likeness (QED) is 0.607. The summed E-state index contributed by atoms with van der Waals surface area (Å²) in [5.41, 5.74) is 1.51. The summed E-state index contributed by atoms with van der Waals surface area (Å²) in [6.45, 7) is 0. The van der Waals surface area contributed by atoms with Crippen LogP contribution in [0.2, 0.25) is 0 Å². The Labute approximate surface area is 84.8 Å². The molecule has 0 aliphatic heterocycles. The predicted octanol–water partition coefficient (Wildman–Crippen LogP) is 2.73. The van der Waals surface area contributed by atoms with Crippen molar-refractivity contribution < 1.29 is 8.81 Å². The summed E-state index contributed by atoms with van der Waals surface area (Å²) in [7, 11) is 0. The molecule has 15 heavy (non-hydrogen) atoms. The van der Waals surface area contributed by atoms with Crippen LogP contribution >= 0.6 is 0 Å². The molecular formula is C11H7FN2O. The van der Waals surface area contributed by atoms with Crippen molar-refractivity contribution in [2.45, 2.75) is 0 Å². The van der Waals surface area contributed by atoms with E-state index in [-0.39, 0.29) is 5.82 Å². The highest BCUT2D eigenvalue weighted by Crippen LogP contribution is 2.22. The van der Waals surface area contributed by atoms with Crippen LogP contribution in [0.4, 0.5) is 4.39 Å². The molecule has 2 heterocycles. The summed E-state index contributed by atoms with van der Waals surface area (Å²) >= 11 is 0. The molecule has 0 bridgehead atoms. The van der Waals surface area contributed by atoms with Crippen LogP contribution < -0.4 is 0 Å². The third kappa shape index (κ3) is 1.30. The van der Waals surface area contributed by atoms with Crippen molar-refractivity contribution in [2.24, 2.45) is 0 Å². The maximum atomic E-state index is 12.7. The zero-order valence-electron chi connectivity index (χ0n) is 7.72. The Kier molecular flexibility index (Phi) is 1.62. The van der Waals surface area contributed by atoms with Gasteiger partial charge in [0.1, 0.15) is 5.82 Å². The van der Waals surface area contributed by atoms with Gasteiger partial charge in [-0.1, -0.05) is 0 Å². The highest BCUT2D eigenvalue weighted by atomic mass is 19.1. The van der Waals surface area contributed by atoms with E-state index in [2.05, 4.69) is 5.10 Å². The Bertz CT molecular complexity index is 566. The maximum Gasteiger partial charge on any atom is 0.222 e. The average Bonchev–Trinajstić information content (AvgIpc) is 2.78. The molecule has 0 fully saturated rings. The number of fused-ring (bicyclic) bond motifs is 1. The maximum absolute atomic E-state index is 12.7. The van der Waals surface area contributed by atoms with Crippen LogP contribution in [-0.4, -0.2) is 9.61 Å². The van der Waals surface area contributed by atoms with Crippen molar-refractivity contribution in [2.75, 3.05) is 0 Å². The first-order valence-corrected chi connectivity index (χ1v) is 4.52.